The molecule has 1 N–H and O–H groups in total. The van der Waals surface area contributed by atoms with E-state index < -0.39 is 5.97 Å². The van der Waals surface area contributed by atoms with Crippen molar-refractivity contribution in [3.8, 4) is 22.8 Å². The molecule has 0 saturated heterocycles. The largest absolute Gasteiger partial charge is 0.481 e. The summed E-state index contributed by atoms with van der Waals surface area (Å²) in [4.78, 5) is 15.9. The number of carboxylic acids is 1. The number of aromatic nitrogens is 2. The number of nitrogens with zero attached hydrogens (tertiary/aromatic N) is 2. The van der Waals surface area contributed by atoms with Crippen LogP contribution in [-0.4, -0.2) is 21.2 Å². The molecule has 2 aliphatic carbocycles. The minimum absolute atomic E-state index is 0.177. The fraction of sp³-hybridized carbons (Fsp3) is 0.464. The molecular formula is C28H32N2O3. The highest BCUT2D eigenvalue weighted by atomic mass is 16.5. The van der Waals surface area contributed by atoms with Crippen LogP contribution in [0.3, 0.4) is 0 Å². The lowest BCUT2D eigenvalue weighted by Gasteiger charge is -2.21. The third kappa shape index (κ3) is 4.87. The molecule has 0 radical (unpaired) electrons. The van der Waals surface area contributed by atoms with Crippen LogP contribution in [0.15, 0.2) is 47.0 Å². The van der Waals surface area contributed by atoms with Crippen LogP contribution >= 0.6 is 0 Å². The molecule has 2 saturated carbocycles. The second-order valence-corrected chi connectivity index (χ2v) is 9.94. The highest BCUT2D eigenvalue weighted by Crippen LogP contribution is 2.35. The van der Waals surface area contributed by atoms with E-state index >= 15 is 0 Å². The molecule has 2 atom stereocenters. The number of benzene rings is 2. The summed E-state index contributed by atoms with van der Waals surface area (Å²) in [5, 5.41) is 13.5. The van der Waals surface area contributed by atoms with Gasteiger partial charge in [0, 0.05) is 11.1 Å². The smallest absolute Gasteiger partial charge is 0.306 e. The van der Waals surface area contributed by atoms with E-state index in [-0.39, 0.29) is 5.92 Å². The molecular weight excluding hydrogens is 412 g/mol. The van der Waals surface area contributed by atoms with Gasteiger partial charge in [0.05, 0.1) is 5.92 Å². The molecule has 2 fully saturated rings. The molecule has 5 nitrogen and oxygen atoms in total. The number of carbonyl (C=O) groups is 1. The highest BCUT2D eigenvalue weighted by Gasteiger charge is 2.29. The van der Waals surface area contributed by atoms with E-state index in [4.69, 9.17) is 4.52 Å². The van der Waals surface area contributed by atoms with Gasteiger partial charge in [-0.25, -0.2) is 0 Å². The summed E-state index contributed by atoms with van der Waals surface area (Å²) >= 11 is 0. The Morgan fingerprint density at radius 1 is 1.00 bits per heavy atom. The van der Waals surface area contributed by atoms with Crippen molar-refractivity contribution in [1.29, 1.82) is 0 Å². The molecule has 0 amide bonds. The maximum atomic E-state index is 11.2. The normalized spacial score (nSPS) is 21.4. The highest BCUT2D eigenvalue weighted by molar-refractivity contribution is 5.70. The molecule has 33 heavy (non-hydrogen) atoms. The maximum absolute atomic E-state index is 11.2. The van der Waals surface area contributed by atoms with Crippen LogP contribution in [0.5, 0.6) is 0 Å². The lowest BCUT2D eigenvalue weighted by Crippen LogP contribution is -2.10. The first-order chi connectivity index (χ1) is 16.1. The number of aryl methyl sites for hydroxylation is 1. The molecule has 3 aromatic rings. The monoisotopic (exact) mass is 444 g/mol. The van der Waals surface area contributed by atoms with Crippen LogP contribution in [0.25, 0.3) is 22.8 Å². The topological polar surface area (TPSA) is 76.2 Å². The molecule has 0 bridgehead atoms. The predicted molar refractivity (Wildman–Crippen MR) is 128 cm³/mol. The van der Waals surface area contributed by atoms with Gasteiger partial charge in [0.1, 0.15) is 0 Å². The first-order valence-electron chi connectivity index (χ1n) is 12.3. The summed E-state index contributed by atoms with van der Waals surface area (Å²) in [5.41, 5.74) is 5.78. The van der Waals surface area contributed by atoms with Gasteiger partial charge in [0.15, 0.2) is 0 Å². The molecule has 5 rings (SSSR count). The van der Waals surface area contributed by atoms with Crippen LogP contribution in [-0.2, 0) is 11.2 Å². The molecule has 0 aliphatic heterocycles. The molecule has 0 unspecified atom stereocenters. The fourth-order valence-electron chi connectivity index (χ4n) is 5.65. The average molecular weight is 445 g/mol. The van der Waals surface area contributed by atoms with Crippen LogP contribution < -0.4 is 0 Å². The maximum Gasteiger partial charge on any atom is 0.306 e. The zero-order chi connectivity index (χ0) is 22.8. The SMILES string of the molecule is Cc1cc(-c2noc(-c3ccc(C4CCCCC4)cc3)n2)ccc1C[C@H]1CC[C@@H](C(=O)O)C1. The van der Waals surface area contributed by atoms with Crippen molar-refractivity contribution in [2.75, 3.05) is 0 Å². The van der Waals surface area contributed by atoms with Gasteiger partial charge in [-0.3, -0.25) is 4.79 Å². The Balaban J connectivity index is 1.27. The van der Waals surface area contributed by atoms with Gasteiger partial charge < -0.3 is 9.63 Å². The van der Waals surface area contributed by atoms with Gasteiger partial charge >= 0.3 is 5.97 Å². The second kappa shape index (κ2) is 9.50. The summed E-state index contributed by atoms with van der Waals surface area (Å²) in [5.74, 6) is 1.45. The summed E-state index contributed by atoms with van der Waals surface area (Å²) in [6.45, 7) is 2.10. The van der Waals surface area contributed by atoms with E-state index in [1.165, 1.54) is 48.8 Å². The fourth-order valence-corrected chi connectivity index (χ4v) is 5.65. The van der Waals surface area contributed by atoms with Crippen molar-refractivity contribution in [3.05, 3.63) is 59.2 Å². The number of aliphatic carboxylic acids is 1. The van der Waals surface area contributed by atoms with Crippen LogP contribution in [0.4, 0.5) is 0 Å². The van der Waals surface area contributed by atoms with Gasteiger partial charge in [0.25, 0.3) is 5.89 Å². The lowest BCUT2D eigenvalue weighted by molar-refractivity contribution is -0.141. The van der Waals surface area contributed by atoms with Crippen molar-refractivity contribution in [2.45, 2.75) is 70.6 Å². The minimum Gasteiger partial charge on any atom is -0.481 e. The van der Waals surface area contributed by atoms with Gasteiger partial charge in [-0.2, -0.15) is 4.98 Å². The molecule has 172 valence electrons. The van der Waals surface area contributed by atoms with Crippen molar-refractivity contribution in [3.63, 3.8) is 0 Å². The molecule has 1 heterocycles. The minimum atomic E-state index is -0.652. The Labute approximate surface area is 195 Å². The molecule has 2 aromatic carbocycles. The second-order valence-electron chi connectivity index (χ2n) is 9.94. The average Bonchev–Trinajstić information content (AvgIpc) is 3.52. The molecule has 0 spiro atoms. The van der Waals surface area contributed by atoms with Gasteiger partial charge in [-0.05, 0) is 92.2 Å². The van der Waals surface area contributed by atoms with E-state index in [0.29, 0.717) is 23.6 Å². The summed E-state index contributed by atoms with van der Waals surface area (Å²) in [7, 11) is 0. The summed E-state index contributed by atoms with van der Waals surface area (Å²) in [6, 6.07) is 14.9. The third-order valence-corrected chi connectivity index (χ3v) is 7.66. The van der Waals surface area contributed by atoms with E-state index in [2.05, 4.69) is 53.5 Å². The Morgan fingerprint density at radius 2 is 1.76 bits per heavy atom. The van der Waals surface area contributed by atoms with Crippen LogP contribution in [0.1, 0.15) is 74.0 Å². The number of rotatable bonds is 6. The molecule has 5 heteroatoms. The van der Waals surface area contributed by atoms with E-state index in [0.717, 1.165) is 36.8 Å². The standard InChI is InChI=1S/C28H32N2O3/c1-18-15-24(14-13-23(18)16-19-7-8-25(17-19)28(31)32)26-29-27(33-30-26)22-11-9-21(10-12-22)20-5-3-2-4-6-20/h9-15,19-20,25H,2-8,16-17H2,1H3,(H,31,32)/t19-,25-/m1/s1. The van der Waals surface area contributed by atoms with Crippen LogP contribution in [0.2, 0.25) is 0 Å². The first kappa shape index (κ1) is 21.9. The van der Waals surface area contributed by atoms with E-state index in [1.807, 2.05) is 6.07 Å². The number of carboxylic acid groups (broad SMARTS) is 1. The van der Waals surface area contributed by atoms with E-state index in [1.54, 1.807) is 0 Å². The molecule has 2 aliphatic rings. The zero-order valence-electron chi connectivity index (χ0n) is 19.3. The molecule has 1 aromatic heterocycles. The lowest BCUT2D eigenvalue weighted by atomic mass is 9.84. The van der Waals surface area contributed by atoms with E-state index in [9.17, 15) is 9.90 Å². The zero-order valence-corrected chi connectivity index (χ0v) is 19.3. The van der Waals surface area contributed by atoms with Crippen molar-refractivity contribution >= 4 is 5.97 Å². The van der Waals surface area contributed by atoms with Crippen molar-refractivity contribution in [1.82, 2.24) is 10.1 Å². The van der Waals surface area contributed by atoms with Crippen molar-refractivity contribution < 1.29 is 14.4 Å². The number of hydrogen-bond acceptors (Lipinski definition) is 4. The Bertz CT molecular complexity index is 1110. The first-order valence-corrected chi connectivity index (χ1v) is 12.3. The summed E-state index contributed by atoms with van der Waals surface area (Å²) < 4.78 is 5.59. The van der Waals surface area contributed by atoms with Gasteiger partial charge in [-0.1, -0.05) is 48.7 Å². The predicted octanol–water partition coefficient (Wildman–Crippen LogP) is 6.80. The Morgan fingerprint density at radius 3 is 2.45 bits per heavy atom. The number of hydrogen-bond donors (Lipinski definition) is 1. The quantitative estimate of drug-likeness (QED) is 0.452. The van der Waals surface area contributed by atoms with Crippen molar-refractivity contribution in [2.24, 2.45) is 11.8 Å². The summed E-state index contributed by atoms with van der Waals surface area (Å²) in [6.07, 6.45) is 10.1. The van der Waals surface area contributed by atoms with Gasteiger partial charge in [-0.15, -0.1) is 0 Å². The third-order valence-electron chi connectivity index (χ3n) is 7.66. The Hall–Kier alpha value is -2.95. The Kier molecular flexibility index (Phi) is 6.30. The van der Waals surface area contributed by atoms with Crippen LogP contribution in [0, 0.1) is 18.8 Å². The van der Waals surface area contributed by atoms with Gasteiger partial charge in [0.2, 0.25) is 5.82 Å².